The fourth-order valence-corrected chi connectivity index (χ4v) is 4.84. The fourth-order valence-electron chi connectivity index (χ4n) is 4.17. The summed E-state index contributed by atoms with van der Waals surface area (Å²) in [6, 6.07) is 4.34. The van der Waals surface area contributed by atoms with Crippen LogP contribution in [0.15, 0.2) is 17.5 Å². The van der Waals surface area contributed by atoms with Crippen LogP contribution in [-0.2, 0) is 0 Å². The van der Waals surface area contributed by atoms with Gasteiger partial charge in [-0.1, -0.05) is 19.9 Å². The molecule has 0 saturated carbocycles. The molecule has 0 aliphatic carbocycles. The van der Waals surface area contributed by atoms with Crippen LogP contribution in [0.25, 0.3) is 0 Å². The first-order chi connectivity index (χ1) is 11.6. The highest BCUT2D eigenvalue weighted by molar-refractivity contribution is 7.12. The monoisotopic (exact) mass is 349 g/mol. The molecule has 1 aromatic heterocycles. The molecule has 0 aromatic carbocycles. The lowest BCUT2D eigenvalue weighted by Crippen LogP contribution is -2.49. The minimum atomic E-state index is 0.234. The minimum Gasteiger partial charge on any atom is -0.335 e. The number of hydrogen-bond acceptors (Lipinski definition) is 4. The molecule has 3 heterocycles. The largest absolute Gasteiger partial charge is 0.335 e. The Morgan fingerprint density at radius 1 is 1.46 bits per heavy atom. The molecule has 4 nitrogen and oxygen atoms in total. The Morgan fingerprint density at radius 2 is 2.25 bits per heavy atom. The third-order valence-corrected chi connectivity index (χ3v) is 6.38. The van der Waals surface area contributed by atoms with E-state index in [2.05, 4.69) is 29.0 Å². The number of likely N-dealkylation sites (tertiary alicyclic amines) is 1. The lowest BCUT2D eigenvalue weighted by molar-refractivity contribution is 0.0534. The van der Waals surface area contributed by atoms with Crippen molar-refractivity contribution in [2.24, 2.45) is 5.41 Å². The van der Waals surface area contributed by atoms with Gasteiger partial charge in [0.25, 0.3) is 5.91 Å². The molecular formula is C19H31N3OS. The van der Waals surface area contributed by atoms with Gasteiger partial charge < -0.3 is 15.1 Å². The summed E-state index contributed by atoms with van der Waals surface area (Å²) < 4.78 is 0. The molecule has 3 rings (SSSR count). The lowest BCUT2D eigenvalue weighted by Gasteiger charge is -2.41. The van der Waals surface area contributed by atoms with Gasteiger partial charge in [0.1, 0.15) is 0 Å². The van der Waals surface area contributed by atoms with Gasteiger partial charge >= 0.3 is 0 Å². The second-order valence-electron chi connectivity index (χ2n) is 7.72. The Hall–Kier alpha value is -0.910. The molecule has 2 saturated heterocycles. The summed E-state index contributed by atoms with van der Waals surface area (Å²) in [6.45, 7) is 11.2. The van der Waals surface area contributed by atoms with Crippen molar-refractivity contribution >= 4 is 17.2 Å². The van der Waals surface area contributed by atoms with E-state index in [-0.39, 0.29) is 5.91 Å². The molecule has 2 fully saturated rings. The van der Waals surface area contributed by atoms with Crippen LogP contribution in [-0.4, -0.2) is 61.0 Å². The topological polar surface area (TPSA) is 35.6 Å². The first kappa shape index (κ1) is 17.9. The van der Waals surface area contributed by atoms with Crippen molar-refractivity contribution in [2.45, 2.75) is 45.6 Å². The molecule has 24 heavy (non-hydrogen) atoms. The molecule has 134 valence electrons. The molecule has 2 aliphatic rings. The zero-order chi connectivity index (χ0) is 17.0. The normalized spacial score (nSPS) is 25.9. The van der Waals surface area contributed by atoms with E-state index in [1.54, 1.807) is 11.3 Å². The summed E-state index contributed by atoms with van der Waals surface area (Å²) >= 11 is 1.56. The molecule has 1 unspecified atom stereocenters. The van der Waals surface area contributed by atoms with E-state index in [4.69, 9.17) is 0 Å². The standard InChI is InChI=1S/C19H31N3OS/c1-3-10-22(18(23)17-5-4-13-24-17)16-6-11-21(12-7-16)15-19(2)8-9-20-14-19/h4-5,13,16,20H,3,6-12,14-15H2,1-2H3. The summed E-state index contributed by atoms with van der Waals surface area (Å²) in [6.07, 6.45) is 4.54. The number of hydrogen-bond donors (Lipinski definition) is 1. The van der Waals surface area contributed by atoms with Crippen LogP contribution in [0.3, 0.4) is 0 Å². The summed E-state index contributed by atoms with van der Waals surface area (Å²) in [4.78, 5) is 18.5. The average molecular weight is 350 g/mol. The molecule has 0 bridgehead atoms. The zero-order valence-corrected chi connectivity index (χ0v) is 15.9. The second kappa shape index (κ2) is 7.98. The smallest absolute Gasteiger partial charge is 0.264 e. The molecule has 1 aromatic rings. The third-order valence-electron chi connectivity index (χ3n) is 5.52. The van der Waals surface area contributed by atoms with Gasteiger partial charge in [-0.25, -0.2) is 0 Å². The number of nitrogens with one attached hydrogen (secondary N) is 1. The Balaban J connectivity index is 1.56. The van der Waals surface area contributed by atoms with Crippen LogP contribution in [0.1, 0.15) is 49.2 Å². The molecule has 0 radical (unpaired) electrons. The fraction of sp³-hybridized carbons (Fsp3) is 0.737. The predicted octanol–water partition coefficient (Wildman–Crippen LogP) is 3.06. The highest BCUT2D eigenvalue weighted by Gasteiger charge is 2.34. The van der Waals surface area contributed by atoms with Crippen molar-refractivity contribution in [1.29, 1.82) is 0 Å². The highest BCUT2D eigenvalue weighted by Crippen LogP contribution is 2.28. The van der Waals surface area contributed by atoms with Gasteiger partial charge in [0.05, 0.1) is 4.88 Å². The van der Waals surface area contributed by atoms with Crippen LogP contribution in [0, 0.1) is 5.41 Å². The lowest BCUT2D eigenvalue weighted by atomic mass is 9.88. The Bertz CT molecular complexity index is 517. The molecule has 1 N–H and O–H groups in total. The van der Waals surface area contributed by atoms with Crippen LogP contribution in [0.4, 0.5) is 0 Å². The first-order valence-electron chi connectivity index (χ1n) is 9.39. The van der Waals surface area contributed by atoms with Gasteiger partial charge in [-0.2, -0.15) is 0 Å². The maximum absolute atomic E-state index is 12.8. The summed E-state index contributed by atoms with van der Waals surface area (Å²) in [5.74, 6) is 0.234. The number of carbonyl (C=O) groups excluding carboxylic acids is 1. The molecule has 5 heteroatoms. The van der Waals surface area contributed by atoms with Gasteiger partial charge in [-0.3, -0.25) is 4.79 Å². The summed E-state index contributed by atoms with van der Waals surface area (Å²) in [5.41, 5.74) is 0.433. The van der Waals surface area contributed by atoms with Crippen molar-refractivity contribution in [2.75, 3.05) is 39.3 Å². The Labute approximate surface area is 150 Å². The van der Waals surface area contributed by atoms with Crippen LogP contribution in [0.5, 0.6) is 0 Å². The van der Waals surface area contributed by atoms with E-state index < -0.39 is 0 Å². The number of thiophene rings is 1. The number of rotatable bonds is 6. The van der Waals surface area contributed by atoms with Crippen LogP contribution >= 0.6 is 11.3 Å². The molecule has 1 atom stereocenters. The zero-order valence-electron chi connectivity index (χ0n) is 15.1. The summed E-state index contributed by atoms with van der Waals surface area (Å²) in [5, 5.41) is 5.49. The van der Waals surface area contributed by atoms with Crippen LogP contribution < -0.4 is 5.32 Å². The van der Waals surface area contributed by atoms with Gasteiger partial charge in [0, 0.05) is 38.8 Å². The Kier molecular flexibility index (Phi) is 5.95. The third kappa shape index (κ3) is 4.19. The predicted molar refractivity (Wildman–Crippen MR) is 101 cm³/mol. The van der Waals surface area contributed by atoms with Crippen molar-refractivity contribution < 1.29 is 4.79 Å². The number of amides is 1. The van der Waals surface area contributed by atoms with Gasteiger partial charge in [0.2, 0.25) is 0 Å². The molecule has 1 amide bonds. The number of carbonyl (C=O) groups is 1. The van der Waals surface area contributed by atoms with Crippen LogP contribution in [0.2, 0.25) is 0 Å². The van der Waals surface area contributed by atoms with Crippen molar-refractivity contribution in [3.63, 3.8) is 0 Å². The van der Waals surface area contributed by atoms with E-state index in [9.17, 15) is 4.79 Å². The maximum atomic E-state index is 12.8. The molecule has 2 aliphatic heterocycles. The maximum Gasteiger partial charge on any atom is 0.264 e. The van der Waals surface area contributed by atoms with Gasteiger partial charge in [-0.05, 0) is 49.1 Å². The van der Waals surface area contributed by atoms with Crippen molar-refractivity contribution in [3.05, 3.63) is 22.4 Å². The highest BCUT2D eigenvalue weighted by atomic mass is 32.1. The van der Waals surface area contributed by atoms with E-state index in [1.807, 2.05) is 17.5 Å². The van der Waals surface area contributed by atoms with Gasteiger partial charge in [0.15, 0.2) is 0 Å². The minimum absolute atomic E-state index is 0.234. The number of piperidine rings is 1. The quantitative estimate of drug-likeness (QED) is 0.857. The summed E-state index contributed by atoms with van der Waals surface area (Å²) in [7, 11) is 0. The van der Waals surface area contributed by atoms with E-state index >= 15 is 0 Å². The van der Waals surface area contributed by atoms with E-state index in [0.717, 1.165) is 56.9 Å². The van der Waals surface area contributed by atoms with Crippen molar-refractivity contribution in [1.82, 2.24) is 15.1 Å². The molecule has 0 spiro atoms. The van der Waals surface area contributed by atoms with Crippen molar-refractivity contribution in [3.8, 4) is 0 Å². The first-order valence-corrected chi connectivity index (χ1v) is 10.3. The van der Waals surface area contributed by atoms with Gasteiger partial charge in [-0.15, -0.1) is 11.3 Å². The molecular weight excluding hydrogens is 318 g/mol. The second-order valence-corrected chi connectivity index (χ2v) is 8.67. The van der Waals surface area contributed by atoms with E-state index in [1.165, 1.54) is 13.0 Å². The Morgan fingerprint density at radius 3 is 2.83 bits per heavy atom. The average Bonchev–Trinajstić information content (AvgIpc) is 3.25. The number of nitrogens with zero attached hydrogens (tertiary/aromatic N) is 2. The van der Waals surface area contributed by atoms with E-state index in [0.29, 0.717) is 11.5 Å². The SMILES string of the molecule is CCCN(C(=O)c1cccs1)C1CCN(CC2(C)CCNC2)CC1.